The van der Waals surface area contributed by atoms with Crippen LogP contribution >= 0.6 is 0 Å². The molecule has 3 heteroatoms. The molecule has 0 aromatic heterocycles. The Morgan fingerprint density at radius 3 is 2.27 bits per heavy atom. The van der Waals surface area contributed by atoms with Gasteiger partial charge in [-0.2, -0.15) is 0 Å². The molecule has 1 rings (SSSR count). The van der Waals surface area contributed by atoms with E-state index in [9.17, 15) is 5.11 Å². The molecule has 1 fully saturated rings. The first kappa shape index (κ1) is 12.9. The Kier molecular flexibility index (Phi) is 4.56. The normalized spacial score (nSPS) is 21.0. The smallest absolute Gasteiger partial charge is 0.0626 e. The van der Waals surface area contributed by atoms with E-state index in [0.717, 1.165) is 19.4 Å². The topological polar surface area (TPSA) is 49.5 Å². The lowest BCUT2D eigenvalue weighted by Gasteiger charge is -2.36. The molecule has 1 saturated carbocycles. The first-order valence-electron chi connectivity index (χ1n) is 6.17. The van der Waals surface area contributed by atoms with Crippen molar-refractivity contribution in [3.8, 4) is 0 Å². The van der Waals surface area contributed by atoms with Crippen LogP contribution in [0.4, 0.5) is 0 Å². The zero-order valence-corrected chi connectivity index (χ0v) is 10.4. The number of hydrogen-bond acceptors (Lipinski definition) is 3. The van der Waals surface area contributed by atoms with E-state index >= 15 is 0 Å². The van der Waals surface area contributed by atoms with Crippen molar-refractivity contribution >= 4 is 0 Å². The highest BCUT2D eigenvalue weighted by molar-refractivity contribution is 5.00. The monoisotopic (exact) mass is 214 g/mol. The number of nitrogens with zero attached hydrogens (tertiary/aromatic N) is 1. The predicted octanol–water partition coefficient (Wildman–Crippen LogP) is 1.21. The van der Waals surface area contributed by atoms with E-state index in [1.54, 1.807) is 0 Å². The van der Waals surface area contributed by atoms with Crippen molar-refractivity contribution in [1.29, 1.82) is 0 Å². The van der Waals surface area contributed by atoms with Gasteiger partial charge < -0.3 is 15.7 Å². The summed E-state index contributed by atoms with van der Waals surface area (Å²) >= 11 is 0. The maximum atomic E-state index is 9.42. The van der Waals surface area contributed by atoms with Gasteiger partial charge in [0.2, 0.25) is 0 Å². The number of nitrogens with two attached hydrogens (primary N) is 1. The lowest BCUT2D eigenvalue weighted by Crippen LogP contribution is -2.55. The van der Waals surface area contributed by atoms with Gasteiger partial charge in [0.1, 0.15) is 0 Å². The van der Waals surface area contributed by atoms with E-state index in [0.29, 0.717) is 12.0 Å². The van der Waals surface area contributed by atoms with E-state index < -0.39 is 0 Å². The van der Waals surface area contributed by atoms with Gasteiger partial charge in [-0.3, -0.25) is 0 Å². The Balaban J connectivity index is 2.50. The fraction of sp³-hybridized carbons (Fsp3) is 1.00. The minimum Gasteiger partial charge on any atom is -0.394 e. The molecule has 1 aliphatic carbocycles. The summed E-state index contributed by atoms with van der Waals surface area (Å²) in [5, 5.41) is 9.42. The fourth-order valence-electron chi connectivity index (χ4n) is 2.47. The first-order chi connectivity index (χ1) is 7.07. The Bertz CT molecular complexity index is 190. The second kappa shape index (κ2) is 5.28. The summed E-state index contributed by atoms with van der Waals surface area (Å²) in [4.78, 5) is 2.31. The number of aliphatic hydroxyl groups excluding tert-OH is 1. The van der Waals surface area contributed by atoms with Crippen molar-refractivity contribution in [2.75, 3.05) is 20.2 Å². The SMILES string of the molecule is CCC(CC)N(C)CC(N)(CO)C1CC1. The molecule has 0 saturated heterocycles. The minimum absolute atomic E-state index is 0.113. The lowest BCUT2D eigenvalue weighted by molar-refractivity contribution is 0.109. The van der Waals surface area contributed by atoms with Crippen molar-refractivity contribution in [2.45, 2.75) is 51.1 Å². The Morgan fingerprint density at radius 1 is 1.40 bits per heavy atom. The first-order valence-corrected chi connectivity index (χ1v) is 6.17. The number of rotatable bonds is 7. The molecule has 3 nitrogen and oxygen atoms in total. The summed E-state index contributed by atoms with van der Waals surface area (Å²) in [6.07, 6.45) is 4.68. The van der Waals surface area contributed by atoms with Gasteiger partial charge in [0.15, 0.2) is 0 Å². The Morgan fingerprint density at radius 2 is 1.93 bits per heavy atom. The summed E-state index contributed by atoms with van der Waals surface area (Å²) in [6, 6.07) is 0.596. The number of hydrogen-bond donors (Lipinski definition) is 2. The molecule has 0 spiro atoms. The van der Waals surface area contributed by atoms with Gasteiger partial charge >= 0.3 is 0 Å². The molecule has 15 heavy (non-hydrogen) atoms. The van der Waals surface area contributed by atoms with E-state index in [1.807, 2.05) is 0 Å². The summed E-state index contributed by atoms with van der Waals surface area (Å²) < 4.78 is 0. The largest absolute Gasteiger partial charge is 0.394 e. The third-order valence-corrected chi connectivity index (χ3v) is 3.79. The van der Waals surface area contributed by atoms with Gasteiger partial charge in [0, 0.05) is 12.6 Å². The third kappa shape index (κ3) is 3.16. The van der Waals surface area contributed by atoms with Crippen LogP contribution in [0.5, 0.6) is 0 Å². The van der Waals surface area contributed by atoms with E-state index in [2.05, 4.69) is 25.8 Å². The summed E-state index contributed by atoms with van der Waals surface area (Å²) in [6.45, 7) is 5.35. The quantitative estimate of drug-likeness (QED) is 0.669. The minimum atomic E-state index is -0.364. The van der Waals surface area contributed by atoms with Crippen LogP contribution in [0.3, 0.4) is 0 Å². The predicted molar refractivity (Wildman–Crippen MR) is 63.7 cm³/mol. The molecule has 0 radical (unpaired) electrons. The van der Waals surface area contributed by atoms with Crippen LogP contribution in [-0.2, 0) is 0 Å². The van der Waals surface area contributed by atoms with Crippen LogP contribution < -0.4 is 5.73 Å². The average Bonchev–Trinajstić information content (AvgIpc) is 3.03. The average molecular weight is 214 g/mol. The van der Waals surface area contributed by atoms with Gasteiger partial charge in [-0.05, 0) is 38.6 Å². The highest BCUT2D eigenvalue weighted by Gasteiger charge is 2.42. The molecule has 1 unspecified atom stereocenters. The Labute approximate surface area is 93.6 Å². The number of aliphatic hydroxyl groups is 1. The maximum Gasteiger partial charge on any atom is 0.0626 e. The van der Waals surface area contributed by atoms with Gasteiger partial charge in [-0.15, -0.1) is 0 Å². The second-order valence-corrected chi connectivity index (χ2v) is 5.05. The van der Waals surface area contributed by atoms with Crippen molar-refractivity contribution in [2.24, 2.45) is 11.7 Å². The van der Waals surface area contributed by atoms with Crippen molar-refractivity contribution < 1.29 is 5.11 Å². The highest BCUT2D eigenvalue weighted by atomic mass is 16.3. The van der Waals surface area contributed by atoms with Crippen LogP contribution in [0.15, 0.2) is 0 Å². The van der Waals surface area contributed by atoms with Crippen molar-refractivity contribution in [3.05, 3.63) is 0 Å². The zero-order chi connectivity index (χ0) is 11.5. The number of likely N-dealkylation sites (N-methyl/N-ethyl adjacent to an activating group) is 1. The lowest BCUT2D eigenvalue weighted by atomic mass is 9.94. The van der Waals surface area contributed by atoms with Crippen LogP contribution in [0.2, 0.25) is 0 Å². The van der Waals surface area contributed by atoms with Crippen LogP contribution in [0.1, 0.15) is 39.5 Å². The molecule has 1 atom stereocenters. The van der Waals surface area contributed by atoms with Crippen LogP contribution in [0, 0.1) is 5.92 Å². The standard InChI is InChI=1S/C12H26N2O/c1-4-11(5-2)14(3)8-12(13,9-15)10-6-7-10/h10-11,15H,4-9,13H2,1-3H3. The summed E-state index contributed by atoms with van der Waals surface area (Å²) in [5.74, 6) is 0.541. The molecule has 0 aromatic carbocycles. The van der Waals surface area contributed by atoms with Gasteiger partial charge in [-0.1, -0.05) is 13.8 Å². The Hall–Kier alpha value is -0.120. The van der Waals surface area contributed by atoms with Crippen LogP contribution in [-0.4, -0.2) is 41.8 Å². The molecule has 0 amide bonds. The van der Waals surface area contributed by atoms with Crippen molar-refractivity contribution in [3.63, 3.8) is 0 Å². The molecular weight excluding hydrogens is 188 g/mol. The molecule has 90 valence electrons. The van der Waals surface area contributed by atoms with E-state index in [1.165, 1.54) is 12.8 Å². The van der Waals surface area contributed by atoms with Crippen molar-refractivity contribution in [1.82, 2.24) is 4.90 Å². The van der Waals surface area contributed by atoms with Gasteiger partial charge in [0.05, 0.1) is 12.1 Å². The zero-order valence-electron chi connectivity index (χ0n) is 10.4. The summed E-state index contributed by atoms with van der Waals surface area (Å²) in [5.41, 5.74) is 5.90. The second-order valence-electron chi connectivity index (χ2n) is 5.05. The van der Waals surface area contributed by atoms with Gasteiger partial charge in [0.25, 0.3) is 0 Å². The molecule has 0 aliphatic heterocycles. The molecule has 0 heterocycles. The highest BCUT2D eigenvalue weighted by Crippen LogP contribution is 2.38. The molecule has 0 aromatic rings. The molecule has 0 bridgehead atoms. The molecular formula is C12H26N2O. The fourth-order valence-corrected chi connectivity index (χ4v) is 2.47. The van der Waals surface area contributed by atoms with E-state index in [4.69, 9.17) is 5.73 Å². The van der Waals surface area contributed by atoms with Gasteiger partial charge in [-0.25, -0.2) is 0 Å². The summed E-state index contributed by atoms with van der Waals surface area (Å²) in [7, 11) is 2.12. The molecule has 1 aliphatic rings. The van der Waals surface area contributed by atoms with E-state index in [-0.39, 0.29) is 12.1 Å². The molecule has 3 N–H and O–H groups in total. The third-order valence-electron chi connectivity index (χ3n) is 3.79. The maximum absolute atomic E-state index is 9.42. The van der Waals surface area contributed by atoms with Crippen LogP contribution in [0.25, 0.3) is 0 Å².